The number of carbonyl (C=O) groups excluding carboxylic acids is 1. The van der Waals surface area contributed by atoms with E-state index in [2.05, 4.69) is 45.5 Å². The number of benzene rings is 1. The summed E-state index contributed by atoms with van der Waals surface area (Å²) in [6.07, 6.45) is 2.87. The minimum Gasteiger partial charge on any atom is -0.391 e. The number of carbonyl (C=O) groups is 1. The van der Waals surface area contributed by atoms with Crippen molar-refractivity contribution in [2.75, 3.05) is 23.7 Å². The third-order valence-electron chi connectivity index (χ3n) is 5.59. The van der Waals surface area contributed by atoms with Crippen molar-refractivity contribution >= 4 is 56.0 Å². The van der Waals surface area contributed by atoms with Gasteiger partial charge in [-0.05, 0) is 44.9 Å². The normalized spacial score (nSPS) is 16.2. The summed E-state index contributed by atoms with van der Waals surface area (Å²) in [5.41, 5.74) is 5.91. The summed E-state index contributed by atoms with van der Waals surface area (Å²) in [6, 6.07) is 8.22. The maximum Gasteiger partial charge on any atom is 0.273 e. The fraction of sp³-hybridized carbons (Fsp3) is 0.333. The molecule has 1 aliphatic rings. The van der Waals surface area contributed by atoms with Crippen LogP contribution in [0.1, 0.15) is 37.2 Å². The zero-order valence-electron chi connectivity index (χ0n) is 19.0. The van der Waals surface area contributed by atoms with E-state index in [1.54, 1.807) is 27.8 Å². The van der Waals surface area contributed by atoms with Crippen LogP contribution in [-0.2, 0) is 0 Å². The zero-order chi connectivity index (χ0) is 23.7. The van der Waals surface area contributed by atoms with Crippen molar-refractivity contribution in [1.82, 2.24) is 19.9 Å². The molecule has 0 spiro atoms. The van der Waals surface area contributed by atoms with E-state index in [9.17, 15) is 9.90 Å². The van der Waals surface area contributed by atoms with E-state index < -0.39 is 6.10 Å². The molecule has 3 aromatic heterocycles. The van der Waals surface area contributed by atoms with Gasteiger partial charge in [0.25, 0.3) is 5.91 Å². The van der Waals surface area contributed by atoms with Gasteiger partial charge in [-0.25, -0.2) is 15.0 Å². The summed E-state index contributed by atoms with van der Waals surface area (Å²) in [5, 5.41) is 19.3. The monoisotopic (exact) mass is 494 g/mol. The number of nitrogens with zero attached hydrogens (tertiary/aromatic N) is 4. The van der Waals surface area contributed by atoms with Crippen molar-refractivity contribution in [3.63, 3.8) is 0 Å². The fourth-order valence-electron chi connectivity index (χ4n) is 4.00. The first-order valence-electron chi connectivity index (χ1n) is 11.3. The van der Waals surface area contributed by atoms with Gasteiger partial charge < -0.3 is 20.6 Å². The molecule has 10 heteroatoms. The molecule has 1 fully saturated rings. The summed E-state index contributed by atoms with van der Waals surface area (Å²) < 4.78 is 1.11. The number of aliphatic hydroxyl groups excluding tert-OH is 1. The molecule has 34 heavy (non-hydrogen) atoms. The van der Waals surface area contributed by atoms with Crippen molar-refractivity contribution in [2.45, 2.75) is 38.8 Å². The number of aromatic nitrogens is 3. The maximum atomic E-state index is 12.9. The Bertz CT molecular complexity index is 1320. The molecular formula is C24H26N6O2S2. The molecule has 0 bridgehead atoms. The zero-order valence-corrected chi connectivity index (χ0v) is 20.6. The third kappa shape index (κ3) is 4.89. The van der Waals surface area contributed by atoms with Gasteiger partial charge in [-0.15, -0.1) is 22.7 Å². The number of amides is 1. The van der Waals surface area contributed by atoms with Gasteiger partial charge in [-0.3, -0.25) is 4.79 Å². The predicted molar refractivity (Wildman–Crippen MR) is 138 cm³/mol. The van der Waals surface area contributed by atoms with E-state index in [1.165, 1.54) is 11.3 Å². The molecule has 3 N–H and O–H groups in total. The molecule has 1 saturated heterocycles. The first-order chi connectivity index (χ1) is 16.5. The number of fused-ring (bicyclic) bond motifs is 1. The second-order valence-electron chi connectivity index (χ2n) is 8.66. The van der Waals surface area contributed by atoms with Gasteiger partial charge in [-0.2, -0.15) is 0 Å². The molecule has 1 aromatic carbocycles. The SMILES string of the molecule is CC(C)Nc1cc(Nc2ccc3ncsc3c2)ncc1-c1nc(C(=O)N2CCCC(O)C2)cs1. The molecule has 0 saturated carbocycles. The Morgan fingerprint density at radius 3 is 2.94 bits per heavy atom. The van der Waals surface area contributed by atoms with Gasteiger partial charge in [0.2, 0.25) is 0 Å². The van der Waals surface area contributed by atoms with Gasteiger partial charge in [0, 0.05) is 48.1 Å². The molecule has 176 valence electrons. The van der Waals surface area contributed by atoms with E-state index in [4.69, 9.17) is 0 Å². The summed E-state index contributed by atoms with van der Waals surface area (Å²) in [6.45, 7) is 5.17. The van der Waals surface area contributed by atoms with Crippen LogP contribution < -0.4 is 10.6 Å². The highest BCUT2D eigenvalue weighted by molar-refractivity contribution is 7.16. The third-order valence-corrected chi connectivity index (χ3v) is 7.26. The Kier molecular flexibility index (Phi) is 6.44. The molecule has 8 nitrogen and oxygen atoms in total. The molecule has 0 aliphatic carbocycles. The molecule has 4 aromatic rings. The second-order valence-corrected chi connectivity index (χ2v) is 10.4. The van der Waals surface area contributed by atoms with Crippen LogP contribution in [0.2, 0.25) is 0 Å². The Balaban J connectivity index is 1.40. The lowest BCUT2D eigenvalue weighted by molar-refractivity contribution is 0.0469. The number of β-amino-alcohol motifs (C(OH)–C–C–N with tert-alkyl or cyclic N) is 1. The fourth-order valence-corrected chi connectivity index (χ4v) is 5.54. The van der Waals surface area contributed by atoms with Crippen LogP contribution in [0.25, 0.3) is 20.8 Å². The predicted octanol–water partition coefficient (Wildman–Crippen LogP) is 4.98. The van der Waals surface area contributed by atoms with Crippen molar-refractivity contribution < 1.29 is 9.90 Å². The first kappa shape index (κ1) is 22.7. The standard InChI is InChI=1S/C24H26N6O2S2/c1-14(2)27-19-9-22(28-15-5-6-18-21(8-15)34-13-26-18)25-10-17(19)23-29-20(12-33-23)24(32)30-7-3-4-16(31)11-30/h5-6,8-10,12-14,16,31H,3-4,7,11H2,1-2H3,(H2,25,27,28). The number of hydrogen-bond donors (Lipinski definition) is 3. The number of hydrogen-bond acceptors (Lipinski definition) is 9. The number of thiazole rings is 2. The summed E-state index contributed by atoms with van der Waals surface area (Å²) in [7, 11) is 0. The lowest BCUT2D eigenvalue weighted by Gasteiger charge is -2.29. The molecule has 1 atom stereocenters. The topological polar surface area (TPSA) is 103 Å². The van der Waals surface area contributed by atoms with E-state index in [0.29, 0.717) is 24.6 Å². The van der Waals surface area contributed by atoms with Crippen molar-refractivity contribution in [3.05, 3.63) is 47.0 Å². The lowest BCUT2D eigenvalue weighted by Crippen LogP contribution is -2.42. The minimum absolute atomic E-state index is 0.135. The van der Waals surface area contributed by atoms with E-state index in [0.717, 1.165) is 45.0 Å². The smallest absolute Gasteiger partial charge is 0.273 e. The summed E-state index contributed by atoms with van der Waals surface area (Å²) >= 11 is 3.02. The minimum atomic E-state index is -0.460. The largest absolute Gasteiger partial charge is 0.391 e. The van der Waals surface area contributed by atoms with Crippen LogP contribution >= 0.6 is 22.7 Å². The second kappa shape index (κ2) is 9.65. The Hall–Kier alpha value is -3.08. The van der Waals surface area contributed by atoms with E-state index in [-0.39, 0.29) is 11.9 Å². The van der Waals surface area contributed by atoms with Gasteiger partial charge in [0.15, 0.2) is 0 Å². The average molecular weight is 495 g/mol. The van der Waals surface area contributed by atoms with Crippen LogP contribution in [0.4, 0.5) is 17.2 Å². The Morgan fingerprint density at radius 2 is 2.12 bits per heavy atom. The lowest BCUT2D eigenvalue weighted by atomic mass is 10.1. The van der Waals surface area contributed by atoms with Crippen molar-refractivity contribution in [2.24, 2.45) is 0 Å². The van der Waals surface area contributed by atoms with Crippen LogP contribution in [-0.4, -0.2) is 56.1 Å². The van der Waals surface area contributed by atoms with Crippen LogP contribution in [0.3, 0.4) is 0 Å². The molecular weight excluding hydrogens is 468 g/mol. The molecule has 1 aliphatic heterocycles. The summed E-state index contributed by atoms with van der Waals surface area (Å²) in [5.74, 6) is 0.579. The van der Waals surface area contributed by atoms with Gasteiger partial charge in [0.1, 0.15) is 16.5 Å². The molecule has 1 amide bonds. The molecule has 4 heterocycles. The molecule has 0 radical (unpaired) electrons. The van der Waals surface area contributed by atoms with Gasteiger partial charge >= 0.3 is 0 Å². The number of piperidine rings is 1. The number of likely N-dealkylation sites (tertiary alicyclic amines) is 1. The van der Waals surface area contributed by atoms with Gasteiger partial charge in [0.05, 0.1) is 27.4 Å². The molecule has 1 unspecified atom stereocenters. The van der Waals surface area contributed by atoms with Crippen LogP contribution in [0.5, 0.6) is 0 Å². The summed E-state index contributed by atoms with van der Waals surface area (Å²) in [4.78, 5) is 28.2. The van der Waals surface area contributed by atoms with Crippen molar-refractivity contribution in [1.29, 1.82) is 0 Å². The van der Waals surface area contributed by atoms with Gasteiger partial charge in [-0.1, -0.05) is 0 Å². The first-order valence-corrected chi connectivity index (χ1v) is 13.0. The quantitative estimate of drug-likeness (QED) is 0.347. The van der Waals surface area contributed by atoms with Crippen LogP contribution in [0, 0.1) is 0 Å². The number of anilines is 3. The molecule has 5 rings (SSSR count). The van der Waals surface area contributed by atoms with E-state index >= 15 is 0 Å². The van der Waals surface area contributed by atoms with Crippen molar-refractivity contribution in [3.8, 4) is 10.6 Å². The average Bonchev–Trinajstić information content (AvgIpc) is 3.48. The number of rotatable bonds is 6. The highest BCUT2D eigenvalue weighted by Gasteiger charge is 2.25. The highest BCUT2D eigenvalue weighted by Crippen LogP contribution is 2.33. The highest BCUT2D eigenvalue weighted by atomic mass is 32.1. The van der Waals surface area contributed by atoms with E-state index in [1.807, 2.05) is 23.7 Å². The van der Waals surface area contributed by atoms with Crippen LogP contribution in [0.15, 0.2) is 41.4 Å². The maximum absolute atomic E-state index is 12.9. The number of nitrogens with one attached hydrogen (secondary N) is 2. The number of pyridine rings is 1. The Morgan fingerprint density at radius 1 is 1.24 bits per heavy atom. The Labute approximate surface area is 205 Å². The number of aliphatic hydroxyl groups is 1.